The second-order valence-electron chi connectivity index (χ2n) is 6.86. The molecule has 0 amide bonds. The lowest BCUT2D eigenvalue weighted by molar-refractivity contribution is -0.140. The second kappa shape index (κ2) is 8.45. The van der Waals surface area contributed by atoms with E-state index in [4.69, 9.17) is 15.8 Å². The van der Waals surface area contributed by atoms with Crippen molar-refractivity contribution in [3.63, 3.8) is 0 Å². The number of nitrogens with one attached hydrogen (secondary N) is 1. The summed E-state index contributed by atoms with van der Waals surface area (Å²) in [5.74, 6) is -0.745. The highest BCUT2D eigenvalue weighted by Crippen LogP contribution is 2.44. The SMILES string of the molecule is O=S(=O)(Oc1ccc(-c2n[nH]c(C(F)(F)F)c2-c2ccc(Cl)cc2)c(O)c1)c1ccccc1. The molecule has 11 heteroatoms. The summed E-state index contributed by atoms with van der Waals surface area (Å²) in [6, 6.07) is 16.4. The van der Waals surface area contributed by atoms with E-state index in [-0.39, 0.29) is 33.0 Å². The van der Waals surface area contributed by atoms with Crippen LogP contribution < -0.4 is 4.18 Å². The van der Waals surface area contributed by atoms with Gasteiger partial charge in [-0.3, -0.25) is 5.10 Å². The Morgan fingerprint density at radius 3 is 2.24 bits per heavy atom. The third-order valence-corrected chi connectivity index (χ3v) is 6.16. The Hall–Kier alpha value is -3.50. The summed E-state index contributed by atoms with van der Waals surface area (Å²) in [5, 5.41) is 16.6. The Kier molecular flexibility index (Phi) is 5.81. The van der Waals surface area contributed by atoms with Crippen LogP contribution in [-0.4, -0.2) is 23.7 Å². The average Bonchev–Trinajstić information content (AvgIpc) is 3.20. The van der Waals surface area contributed by atoms with Crippen LogP contribution in [0.1, 0.15) is 5.69 Å². The van der Waals surface area contributed by atoms with E-state index in [1.807, 2.05) is 5.10 Å². The third-order valence-electron chi connectivity index (χ3n) is 4.64. The molecule has 0 aliphatic heterocycles. The minimum Gasteiger partial charge on any atom is -0.507 e. The number of aromatic nitrogens is 2. The Bertz CT molecular complexity index is 1400. The molecule has 4 rings (SSSR count). The van der Waals surface area contributed by atoms with Crippen LogP contribution in [0.25, 0.3) is 22.4 Å². The number of aromatic hydroxyl groups is 1. The van der Waals surface area contributed by atoms with E-state index in [9.17, 15) is 26.7 Å². The zero-order valence-electron chi connectivity index (χ0n) is 16.5. The number of hydrogen-bond donors (Lipinski definition) is 2. The molecule has 0 aliphatic rings. The maximum atomic E-state index is 13.6. The second-order valence-corrected chi connectivity index (χ2v) is 8.84. The van der Waals surface area contributed by atoms with Gasteiger partial charge in [-0.2, -0.15) is 26.7 Å². The number of halogens is 4. The molecule has 33 heavy (non-hydrogen) atoms. The van der Waals surface area contributed by atoms with Gasteiger partial charge in [0.1, 0.15) is 27.8 Å². The fourth-order valence-electron chi connectivity index (χ4n) is 3.17. The number of benzene rings is 3. The van der Waals surface area contributed by atoms with Gasteiger partial charge in [0.05, 0.1) is 0 Å². The molecule has 2 N–H and O–H groups in total. The molecule has 0 spiro atoms. The normalized spacial score (nSPS) is 12.0. The number of nitrogens with zero attached hydrogens (tertiary/aromatic N) is 1. The molecule has 0 atom stereocenters. The van der Waals surface area contributed by atoms with Crippen molar-refractivity contribution in [2.75, 3.05) is 0 Å². The van der Waals surface area contributed by atoms with Gasteiger partial charge in [-0.1, -0.05) is 41.9 Å². The number of alkyl halides is 3. The Labute approximate surface area is 191 Å². The molecule has 1 aromatic heterocycles. The van der Waals surface area contributed by atoms with Gasteiger partial charge in [-0.05, 0) is 42.0 Å². The highest BCUT2D eigenvalue weighted by molar-refractivity contribution is 7.87. The first-order valence-corrected chi connectivity index (χ1v) is 11.1. The van der Waals surface area contributed by atoms with Crippen LogP contribution in [0.15, 0.2) is 77.7 Å². The highest BCUT2D eigenvalue weighted by atomic mass is 35.5. The van der Waals surface area contributed by atoms with Crippen molar-refractivity contribution in [2.45, 2.75) is 11.1 Å². The van der Waals surface area contributed by atoms with Crippen molar-refractivity contribution in [1.82, 2.24) is 10.2 Å². The topological polar surface area (TPSA) is 92.3 Å². The van der Waals surface area contributed by atoms with Crippen LogP contribution in [0.2, 0.25) is 5.02 Å². The quantitative estimate of drug-likeness (QED) is 0.337. The van der Waals surface area contributed by atoms with Crippen LogP contribution >= 0.6 is 11.6 Å². The summed E-state index contributed by atoms with van der Waals surface area (Å²) in [4.78, 5) is -0.0966. The van der Waals surface area contributed by atoms with Crippen LogP contribution in [-0.2, 0) is 16.3 Å². The van der Waals surface area contributed by atoms with Crippen LogP contribution in [0.5, 0.6) is 11.5 Å². The molecule has 3 aromatic carbocycles. The molecule has 1 heterocycles. The number of phenols is 1. The fourth-order valence-corrected chi connectivity index (χ4v) is 4.23. The fraction of sp³-hybridized carbons (Fsp3) is 0.0455. The summed E-state index contributed by atoms with van der Waals surface area (Å²) in [7, 11) is -4.17. The van der Waals surface area contributed by atoms with E-state index in [0.717, 1.165) is 6.07 Å². The first-order valence-electron chi connectivity index (χ1n) is 9.31. The smallest absolute Gasteiger partial charge is 0.433 e. The molecular weight excluding hydrogens is 481 g/mol. The van der Waals surface area contributed by atoms with Gasteiger partial charge in [0.25, 0.3) is 0 Å². The molecule has 0 saturated carbocycles. The van der Waals surface area contributed by atoms with Gasteiger partial charge < -0.3 is 9.29 Å². The molecular formula is C22H14ClF3N2O4S. The molecule has 0 fully saturated rings. The van der Waals surface area contributed by atoms with Gasteiger partial charge in [0.2, 0.25) is 0 Å². The van der Waals surface area contributed by atoms with E-state index >= 15 is 0 Å². The van der Waals surface area contributed by atoms with E-state index in [2.05, 4.69) is 5.10 Å². The van der Waals surface area contributed by atoms with Crippen molar-refractivity contribution < 1.29 is 30.9 Å². The van der Waals surface area contributed by atoms with Gasteiger partial charge >= 0.3 is 16.3 Å². The van der Waals surface area contributed by atoms with Crippen LogP contribution in [0.4, 0.5) is 13.2 Å². The van der Waals surface area contributed by atoms with Crippen molar-refractivity contribution in [2.24, 2.45) is 0 Å². The summed E-state index contributed by atoms with van der Waals surface area (Å²) in [6.45, 7) is 0. The molecule has 170 valence electrons. The van der Waals surface area contributed by atoms with Crippen molar-refractivity contribution in [3.05, 3.63) is 83.5 Å². The summed E-state index contributed by atoms with van der Waals surface area (Å²) in [5.41, 5.74) is -1.47. The van der Waals surface area contributed by atoms with Crippen LogP contribution in [0, 0.1) is 0 Å². The van der Waals surface area contributed by atoms with E-state index in [1.54, 1.807) is 6.07 Å². The predicted molar refractivity (Wildman–Crippen MR) is 115 cm³/mol. The minimum atomic E-state index is -4.75. The lowest BCUT2D eigenvalue weighted by atomic mass is 9.98. The van der Waals surface area contributed by atoms with E-state index < -0.39 is 27.7 Å². The molecule has 4 aromatic rings. The first kappa shape index (κ1) is 22.7. The van der Waals surface area contributed by atoms with Crippen molar-refractivity contribution >= 4 is 21.7 Å². The van der Waals surface area contributed by atoms with Crippen molar-refractivity contribution in [3.8, 4) is 33.9 Å². The molecule has 0 radical (unpaired) electrons. The van der Waals surface area contributed by atoms with Gasteiger partial charge in [-0.25, -0.2) is 0 Å². The minimum absolute atomic E-state index is 0.0591. The first-order chi connectivity index (χ1) is 15.6. The summed E-state index contributed by atoms with van der Waals surface area (Å²) < 4.78 is 70.6. The third kappa shape index (κ3) is 4.67. The molecule has 0 saturated heterocycles. The van der Waals surface area contributed by atoms with Gasteiger partial charge in [0.15, 0.2) is 0 Å². The zero-order valence-corrected chi connectivity index (χ0v) is 18.0. The molecule has 0 aliphatic carbocycles. The van der Waals surface area contributed by atoms with Gasteiger partial charge in [0, 0.05) is 22.2 Å². The maximum Gasteiger partial charge on any atom is 0.433 e. The average molecular weight is 495 g/mol. The number of rotatable bonds is 5. The Morgan fingerprint density at radius 2 is 1.64 bits per heavy atom. The number of hydrogen-bond acceptors (Lipinski definition) is 5. The summed E-state index contributed by atoms with van der Waals surface area (Å²) >= 11 is 5.85. The largest absolute Gasteiger partial charge is 0.507 e. The molecule has 6 nitrogen and oxygen atoms in total. The standard InChI is InChI=1S/C22H14ClF3N2O4S/c23-14-8-6-13(7-9-14)19-20(27-28-21(19)22(24,25)26)17-11-10-15(12-18(17)29)32-33(30,31)16-4-2-1-3-5-16/h1-12,29H,(H,27,28). The number of phenolic OH excluding ortho intramolecular Hbond substituents is 1. The Morgan fingerprint density at radius 1 is 0.970 bits per heavy atom. The van der Waals surface area contributed by atoms with E-state index in [1.165, 1.54) is 60.7 Å². The predicted octanol–water partition coefficient (Wildman–Crippen LogP) is 5.89. The zero-order chi connectivity index (χ0) is 23.8. The maximum absolute atomic E-state index is 13.6. The molecule has 0 bridgehead atoms. The number of aromatic amines is 1. The Balaban J connectivity index is 1.76. The molecule has 0 unspecified atom stereocenters. The lowest BCUT2D eigenvalue weighted by Crippen LogP contribution is -2.09. The summed E-state index contributed by atoms with van der Waals surface area (Å²) in [6.07, 6.45) is -4.75. The van der Waals surface area contributed by atoms with Gasteiger partial charge in [-0.15, -0.1) is 0 Å². The highest BCUT2D eigenvalue weighted by Gasteiger charge is 2.38. The van der Waals surface area contributed by atoms with Crippen molar-refractivity contribution in [1.29, 1.82) is 0 Å². The van der Waals surface area contributed by atoms with E-state index in [0.29, 0.717) is 5.02 Å². The monoisotopic (exact) mass is 494 g/mol. The van der Waals surface area contributed by atoms with Crippen LogP contribution in [0.3, 0.4) is 0 Å². The number of H-pyrrole nitrogens is 1. The lowest BCUT2D eigenvalue weighted by Gasteiger charge is -2.11.